The van der Waals surface area contributed by atoms with Crippen molar-refractivity contribution >= 4 is 28.3 Å². The summed E-state index contributed by atoms with van der Waals surface area (Å²) in [5.74, 6) is 0.0856. The maximum Gasteiger partial charge on any atom is 0.230 e. The van der Waals surface area contributed by atoms with Crippen LogP contribution in [0.3, 0.4) is 0 Å². The van der Waals surface area contributed by atoms with Gasteiger partial charge < -0.3 is 9.64 Å². The smallest absolute Gasteiger partial charge is 0.230 e. The molecule has 2 aromatic rings. The molecule has 28 heavy (non-hydrogen) atoms. The highest BCUT2D eigenvalue weighted by Gasteiger charge is 2.37. The third-order valence-electron chi connectivity index (χ3n) is 6.37. The highest BCUT2D eigenvalue weighted by molar-refractivity contribution is 6.03. The standard InChI is InChI=1S/C22H25N3O3/c1-14(26)25-13-15-11-20-18(17-4-3-5-19(25)21(15)17)10-16(12-23(20)2)22(27)24-6-8-28-9-7-24/h3-5,10,13,16,20H,6-9,11-12H2,1-2H3/t16-,20-/m1/s1. The summed E-state index contributed by atoms with van der Waals surface area (Å²) in [5, 5.41) is 1.16. The number of amides is 1. The number of carbonyl (C=O) groups is 2. The van der Waals surface area contributed by atoms with Crippen molar-refractivity contribution in [3.8, 4) is 0 Å². The second-order valence-corrected chi connectivity index (χ2v) is 8.07. The van der Waals surface area contributed by atoms with Crippen molar-refractivity contribution in [2.75, 3.05) is 39.9 Å². The molecule has 1 aromatic heterocycles. The van der Waals surface area contributed by atoms with Crippen LogP contribution in [0.2, 0.25) is 0 Å². The molecule has 1 aromatic carbocycles. The zero-order chi connectivity index (χ0) is 19.4. The number of rotatable bonds is 1. The van der Waals surface area contributed by atoms with E-state index in [2.05, 4.69) is 24.1 Å². The number of hydrogen-bond acceptors (Lipinski definition) is 4. The Morgan fingerprint density at radius 1 is 1.18 bits per heavy atom. The van der Waals surface area contributed by atoms with E-state index in [4.69, 9.17) is 4.74 Å². The Morgan fingerprint density at radius 3 is 2.71 bits per heavy atom. The lowest BCUT2D eigenvalue weighted by Gasteiger charge is -2.41. The van der Waals surface area contributed by atoms with E-state index in [-0.39, 0.29) is 23.8 Å². The van der Waals surface area contributed by atoms with Crippen LogP contribution in [0.25, 0.3) is 16.5 Å². The summed E-state index contributed by atoms with van der Waals surface area (Å²) in [5.41, 5.74) is 4.56. The van der Waals surface area contributed by atoms with Crippen molar-refractivity contribution < 1.29 is 14.3 Å². The van der Waals surface area contributed by atoms with Gasteiger partial charge in [-0.15, -0.1) is 0 Å². The fourth-order valence-corrected chi connectivity index (χ4v) is 4.99. The molecule has 5 rings (SSSR count). The van der Waals surface area contributed by atoms with E-state index in [1.165, 1.54) is 11.1 Å². The van der Waals surface area contributed by atoms with Crippen LogP contribution in [-0.2, 0) is 16.0 Å². The Labute approximate surface area is 164 Å². The van der Waals surface area contributed by atoms with Crippen LogP contribution in [-0.4, -0.2) is 72.1 Å². The average molecular weight is 379 g/mol. The average Bonchev–Trinajstić information content (AvgIpc) is 3.09. The van der Waals surface area contributed by atoms with Crippen LogP contribution < -0.4 is 0 Å². The summed E-state index contributed by atoms with van der Waals surface area (Å²) in [6.07, 6.45) is 5.05. The Morgan fingerprint density at radius 2 is 1.96 bits per heavy atom. The van der Waals surface area contributed by atoms with E-state index in [0.29, 0.717) is 26.3 Å². The van der Waals surface area contributed by atoms with Gasteiger partial charge in [-0.1, -0.05) is 18.2 Å². The highest BCUT2D eigenvalue weighted by atomic mass is 16.5. The predicted octanol–water partition coefficient (Wildman–Crippen LogP) is 2.03. The minimum absolute atomic E-state index is 0.0287. The number of likely N-dealkylation sites (N-methyl/N-ethyl adjacent to an activating group) is 1. The van der Waals surface area contributed by atoms with E-state index >= 15 is 0 Å². The summed E-state index contributed by atoms with van der Waals surface area (Å²) in [4.78, 5) is 29.4. The molecule has 1 fully saturated rings. The molecule has 3 heterocycles. The van der Waals surface area contributed by atoms with Gasteiger partial charge in [0.05, 0.1) is 24.6 Å². The molecule has 3 aliphatic rings. The van der Waals surface area contributed by atoms with Crippen molar-refractivity contribution in [2.24, 2.45) is 5.92 Å². The quantitative estimate of drug-likeness (QED) is 0.761. The fourth-order valence-electron chi connectivity index (χ4n) is 4.99. The van der Waals surface area contributed by atoms with Gasteiger partial charge in [0.2, 0.25) is 11.8 Å². The monoisotopic (exact) mass is 379 g/mol. The third kappa shape index (κ3) is 2.63. The molecule has 0 spiro atoms. The van der Waals surface area contributed by atoms with Gasteiger partial charge in [0, 0.05) is 44.2 Å². The summed E-state index contributed by atoms with van der Waals surface area (Å²) in [6.45, 7) is 4.91. The van der Waals surface area contributed by atoms with Gasteiger partial charge in [-0.05, 0) is 36.2 Å². The van der Waals surface area contributed by atoms with Crippen LogP contribution in [0.15, 0.2) is 30.5 Å². The summed E-state index contributed by atoms with van der Waals surface area (Å²) < 4.78 is 7.15. The van der Waals surface area contributed by atoms with Crippen molar-refractivity contribution in [3.63, 3.8) is 0 Å². The van der Waals surface area contributed by atoms with E-state index in [1.807, 2.05) is 23.2 Å². The van der Waals surface area contributed by atoms with Crippen molar-refractivity contribution in [1.82, 2.24) is 14.4 Å². The molecule has 2 atom stereocenters. The van der Waals surface area contributed by atoms with Gasteiger partial charge in [0.1, 0.15) is 0 Å². The minimum atomic E-state index is -0.138. The Kier molecular flexibility index (Phi) is 4.14. The van der Waals surface area contributed by atoms with Crippen LogP contribution in [0.1, 0.15) is 22.8 Å². The first-order valence-electron chi connectivity index (χ1n) is 9.97. The zero-order valence-corrected chi connectivity index (χ0v) is 16.4. The number of nitrogens with zero attached hydrogens (tertiary/aromatic N) is 3. The number of aromatic nitrogens is 1. The summed E-state index contributed by atoms with van der Waals surface area (Å²) in [7, 11) is 2.10. The first-order chi connectivity index (χ1) is 13.5. The Bertz CT molecular complexity index is 1000. The first kappa shape index (κ1) is 17.6. The highest BCUT2D eigenvalue weighted by Crippen LogP contribution is 2.41. The van der Waals surface area contributed by atoms with Crippen LogP contribution in [0, 0.1) is 5.92 Å². The lowest BCUT2D eigenvalue weighted by atomic mass is 9.79. The number of morpholine rings is 1. The number of hydrogen-bond donors (Lipinski definition) is 0. The number of ether oxygens (including phenoxy) is 1. The maximum absolute atomic E-state index is 13.1. The second kappa shape index (κ2) is 6.57. The SMILES string of the molecule is CC(=O)n1cc2c3c(cccc31)C1=C[C@@H](C(=O)N3CCOCC3)CN(C)[C@@H]1C2. The first-order valence-corrected chi connectivity index (χ1v) is 9.97. The number of carbonyl (C=O) groups excluding carboxylic acids is 2. The van der Waals surface area contributed by atoms with E-state index < -0.39 is 0 Å². The van der Waals surface area contributed by atoms with Gasteiger partial charge in [0.25, 0.3) is 0 Å². The van der Waals surface area contributed by atoms with E-state index in [9.17, 15) is 9.59 Å². The summed E-state index contributed by atoms with van der Waals surface area (Å²) in [6, 6.07) is 6.39. The maximum atomic E-state index is 13.1. The molecular weight excluding hydrogens is 354 g/mol. The van der Waals surface area contributed by atoms with Crippen molar-refractivity contribution in [2.45, 2.75) is 19.4 Å². The molecule has 1 amide bonds. The molecule has 0 unspecified atom stereocenters. The third-order valence-corrected chi connectivity index (χ3v) is 6.37. The Hall–Kier alpha value is -2.44. The van der Waals surface area contributed by atoms with Gasteiger partial charge in [0.15, 0.2) is 0 Å². The Balaban J connectivity index is 1.59. The molecule has 0 N–H and O–H groups in total. The number of fused-ring (bicyclic) bond motifs is 2. The molecule has 6 nitrogen and oxygen atoms in total. The van der Waals surface area contributed by atoms with Crippen molar-refractivity contribution in [3.05, 3.63) is 41.6 Å². The lowest BCUT2D eigenvalue weighted by molar-refractivity contribution is -0.138. The molecule has 1 saturated heterocycles. The topological polar surface area (TPSA) is 54.8 Å². The van der Waals surface area contributed by atoms with Gasteiger partial charge >= 0.3 is 0 Å². The van der Waals surface area contributed by atoms with Gasteiger partial charge in [-0.25, -0.2) is 0 Å². The van der Waals surface area contributed by atoms with Crippen molar-refractivity contribution in [1.29, 1.82) is 0 Å². The van der Waals surface area contributed by atoms with Crippen LogP contribution >= 0.6 is 0 Å². The van der Waals surface area contributed by atoms with E-state index in [1.54, 1.807) is 11.5 Å². The number of benzene rings is 1. The largest absolute Gasteiger partial charge is 0.378 e. The molecule has 146 valence electrons. The van der Waals surface area contributed by atoms with Crippen LogP contribution in [0.5, 0.6) is 0 Å². The fraction of sp³-hybridized carbons (Fsp3) is 0.455. The summed E-state index contributed by atoms with van der Waals surface area (Å²) >= 11 is 0. The second-order valence-electron chi connectivity index (χ2n) is 8.07. The molecule has 2 aliphatic heterocycles. The molecule has 0 bridgehead atoms. The normalized spacial score (nSPS) is 24.8. The van der Waals surface area contributed by atoms with E-state index in [0.717, 1.165) is 29.4 Å². The zero-order valence-electron chi connectivity index (χ0n) is 16.4. The molecule has 0 saturated carbocycles. The van der Waals surface area contributed by atoms with Crippen LogP contribution in [0.4, 0.5) is 0 Å². The predicted molar refractivity (Wildman–Crippen MR) is 107 cm³/mol. The lowest BCUT2D eigenvalue weighted by Crippen LogP contribution is -2.49. The van der Waals surface area contributed by atoms with Gasteiger partial charge in [-0.3, -0.25) is 19.1 Å². The molecule has 0 radical (unpaired) electrons. The molecule has 1 aliphatic carbocycles. The van der Waals surface area contributed by atoms with Gasteiger partial charge in [-0.2, -0.15) is 0 Å². The minimum Gasteiger partial charge on any atom is -0.378 e. The molecular formula is C22H25N3O3. The molecule has 6 heteroatoms.